The maximum absolute atomic E-state index is 12.0. The van der Waals surface area contributed by atoms with Crippen LogP contribution in [-0.2, 0) is 10.0 Å². The van der Waals surface area contributed by atoms with E-state index in [0.717, 1.165) is 6.42 Å². The first-order chi connectivity index (χ1) is 8.51. The summed E-state index contributed by atoms with van der Waals surface area (Å²) < 4.78 is 25.6. The molecule has 0 aromatic heterocycles. The molecular weight excluding hydrogens is 246 g/mol. The largest absolute Gasteiger partial charge is 0.216 e. The van der Waals surface area contributed by atoms with E-state index in [1.54, 1.807) is 18.2 Å². The molecule has 0 N–H and O–H groups in total. The normalized spacial score (nSPS) is 17.8. The maximum Gasteiger partial charge on any atom is 0.216 e. The molecule has 1 aliphatic rings. The molecule has 1 aliphatic heterocycles. The third kappa shape index (κ3) is 2.65. The van der Waals surface area contributed by atoms with Crippen molar-refractivity contribution in [3.63, 3.8) is 0 Å². The monoisotopic (exact) mass is 265 g/mol. The van der Waals surface area contributed by atoms with Gasteiger partial charge in [-0.3, -0.25) is 0 Å². The van der Waals surface area contributed by atoms with Crippen molar-refractivity contribution in [1.29, 1.82) is 0 Å². The van der Waals surface area contributed by atoms with E-state index >= 15 is 0 Å². The Morgan fingerprint density at radius 2 is 1.83 bits per heavy atom. The van der Waals surface area contributed by atoms with Gasteiger partial charge in [0.25, 0.3) is 0 Å². The first kappa shape index (κ1) is 13.3. The van der Waals surface area contributed by atoms with E-state index in [-0.39, 0.29) is 5.25 Å². The molecule has 1 heterocycles. The van der Waals surface area contributed by atoms with Crippen molar-refractivity contribution < 1.29 is 8.42 Å². The van der Waals surface area contributed by atoms with Gasteiger partial charge in [-0.15, -0.1) is 0 Å². The van der Waals surface area contributed by atoms with Crippen molar-refractivity contribution in [1.82, 2.24) is 4.31 Å². The van der Waals surface area contributed by atoms with Gasteiger partial charge in [-0.05, 0) is 31.4 Å². The Kier molecular flexibility index (Phi) is 3.88. The maximum atomic E-state index is 12.0. The molecule has 3 nitrogen and oxygen atoms in total. The average Bonchev–Trinajstić information content (AvgIpc) is 2.40. The fourth-order valence-corrected chi connectivity index (χ4v) is 3.32. The zero-order chi connectivity index (χ0) is 13.2. The van der Waals surface area contributed by atoms with Crippen molar-refractivity contribution in [2.75, 3.05) is 13.1 Å². The van der Waals surface area contributed by atoms with Gasteiger partial charge in [-0.25, -0.2) is 8.42 Å². The van der Waals surface area contributed by atoms with Crippen LogP contribution < -0.4 is 0 Å². The Morgan fingerprint density at radius 3 is 2.33 bits per heavy atom. The Balaban J connectivity index is 2.14. The molecule has 0 unspecified atom stereocenters. The van der Waals surface area contributed by atoms with Gasteiger partial charge >= 0.3 is 0 Å². The molecule has 98 valence electrons. The van der Waals surface area contributed by atoms with Crippen LogP contribution in [-0.4, -0.2) is 31.1 Å². The zero-order valence-electron chi connectivity index (χ0n) is 10.8. The van der Waals surface area contributed by atoms with Crippen LogP contribution in [0.15, 0.2) is 36.4 Å². The average molecular weight is 265 g/mol. The number of benzene rings is 1. The molecule has 0 radical (unpaired) electrons. The van der Waals surface area contributed by atoms with Gasteiger partial charge in [0.15, 0.2) is 0 Å². The topological polar surface area (TPSA) is 37.4 Å². The van der Waals surface area contributed by atoms with Crippen molar-refractivity contribution in [3.8, 4) is 0 Å². The highest BCUT2D eigenvalue weighted by atomic mass is 32.2. The fraction of sp³-hybridized carbons (Fsp3) is 0.429. The summed E-state index contributed by atoms with van der Waals surface area (Å²) in [5.41, 5.74) is 2.44. The first-order valence-electron chi connectivity index (χ1n) is 6.25. The molecular formula is C14H19NO2S. The Bertz CT molecular complexity index is 532. The summed E-state index contributed by atoms with van der Waals surface area (Å²) in [5, 5.41) is -0.343. The van der Waals surface area contributed by atoms with E-state index in [9.17, 15) is 8.42 Å². The summed E-state index contributed by atoms with van der Waals surface area (Å²) in [6.07, 6.45) is 2.81. The van der Waals surface area contributed by atoms with Crippen molar-refractivity contribution in [3.05, 3.63) is 42.0 Å². The van der Waals surface area contributed by atoms with Gasteiger partial charge in [0.05, 0.1) is 5.25 Å². The standard InChI is InChI=1S/C14H19NO2S/c1-12(2)18(16,17)15-10-8-14(9-11-15)13-6-4-3-5-7-13/h3-8,12H,9-11H2,1-2H3. The van der Waals surface area contributed by atoms with E-state index in [1.165, 1.54) is 11.1 Å². The van der Waals surface area contributed by atoms with Crippen molar-refractivity contribution in [2.24, 2.45) is 0 Å². The molecule has 18 heavy (non-hydrogen) atoms. The highest BCUT2D eigenvalue weighted by molar-refractivity contribution is 7.89. The van der Waals surface area contributed by atoms with Crippen molar-refractivity contribution in [2.45, 2.75) is 25.5 Å². The minimum Gasteiger partial charge on any atom is -0.212 e. The minimum absolute atomic E-state index is 0.343. The van der Waals surface area contributed by atoms with Crippen LogP contribution in [0, 0.1) is 0 Å². The summed E-state index contributed by atoms with van der Waals surface area (Å²) in [5.74, 6) is 0. The highest BCUT2D eigenvalue weighted by Gasteiger charge is 2.27. The second kappa shape index (κ2) is 5.24. The lowest BCUT2D eigenvalue weighted by molar-refractivity contribution is 0.435. The van der Waals surface area contributed by atoms with Crippen LogP contribution >= 0.6 is 0 Å². The molecule has 0 saturated carbocycles. The molecule has 0 spiro atoms. The summed E-state index contributed by atoms with van der Waals surface area (Å²) in [4.78, 5) is 0. The van der Waals surface area contributed by atoms with E-state index in [1.807, 2.05) is 24.3 Å². The van der Waals surface area contributed by atoms with Crippen molar-refractivity contribution >= 4 is 15.6 Å². The van der Waals surface area contributed by atoms with Gasteiger partial charge in [-0.2, -0.15) is 4.31 Å². The molecule has 0 fully saturated rings. The molecule has 0 atom stereocenters. The zero-order valence-corrected chi connectivity index (χ0v) is 11.7. The lowest BCUT2D eigenvalue weighted by atomic mass is 10.0. The predicted octanol–water partition coefficient (Wildman–Crippen LogP) is 2.51. The molecule has 2 rings (SSSR count). The molecule has 0 bridgehead atoms. The summed E-state index contributed by atoms with van der Waals surface area (Å²) in [7, 11) is -3.12. The number of nitrogens with zero attached hydrogens (tertiary/aromatic N) is 1. The minimum atomic E-state index is -3.12. The third-order valence-corrected chi connectivity index (χ3v) is 5.51. The Hall–Kier alpha value is -1.13. The number of hydrogen-bond acceptors (Lipinski definition) is 2. The van der Waals surface area contributed by atoms with Crippen LogP contribution in [0.4, 0.5) is 0 Å². The second-order valence-corrected chi connectivity index (χ2v) is 7.29. The number of hydrogen-bond donors (Lipinski definition) is 0. The highest BCUT2D eigenvalue weighted by Crippen LogP contribution is 2.24. The molecule has 4 heteroatoms. The van der Waals surface area contributed by atoms with Crippen LogP contribution in [0.5, 0.6) is 0 Å². The van der Waals surface area contributed by atoms with Crippen LogP contribution in [0.1, 0.15) is 25.8 Å². The van der Waals surface area contributed by atoms with Gasteiger partial charge in [0.2, 0.25) is 10.0 Å². The summed E-state index contributed by atoms with van der Waals surface area (Å²) in [6, 6.07) is 10.1. The van der Waals surface area contributed by atoms with Gasteiger partial charge in [-0.1, -0.05) is 36.4 Å². The molecule has 0 saturated heterocycles. The summed E-state index contributed by atoms with van der Waals surface area (Å²) in [6.45, 7) is 4.53. The van der Waals surface area contributed by atoms with Gasteiger partial charge in [0.1, 0.15) is 0 Å². The first-order valence-corrected chi connectivity index (χ1v) is 7.75. The van der Waals surface area contributed by atoms with Gasteiger partial charge in [0, 0.05) is 13.1 Å². The fourth-order valence-electron chi connectivity index (χ4n) is 2.09. The summed E-state index contributed by atoms with van der Waals surface area (Å²) >= 11 is 0. The van der Waals surface area contributed by atoms with E-state index < -0.39 is 10.0 Å². The van der Waals surface area contributed by atoms with Gasteiger partial charge < -0.3 is 0 Å². The molecule has 0 amide bonds. The van der Waals surface area contributed by atoms with E-state index in [2.05, 4.69) is 12.1 Å². The lowest BCUT2D eigenvalue weighted by Crippen LogP contribution is -2.39. The SMILES string of the molecule is CC(C)S(=O)(=O)N1CC=C(c2ccccc2)CC1. The Morgan fingerprint density at radius 1 is 1.17 bits per heavy atom. The Labute approximate surface area is 109 Å². The van der Waals surface area contributed by atoms with Crippen LogP contribution in [0.2, 0.25) is 0 Å². The molecule has 1 aromatic carbocycles. The number of sulfonamides is 1. The van der Waals surface area contributed by atoms with E-state index in [0.29, 0.717) is 13.1 Å². The molecule has 1 aromatic rings. The number of rotatable bonds is 3. The van der Waals surface area contributed by atoms with Crippen LogP contribution in [0.3, 0.4) is 0 Å². The third-order valence-electron chi connectivity index (χ3n) is 3.27. The second-order valence-electron chi connectivity index (χ2n) is 4.80. The predicted molar refractivity (Wildman–Crippen MR) is 74.7 cm³/mol. The van der Waals surface area contributed by atoms with Crippen LogP contribution in [0.25, 0.3) is 5.57 Å². The quantitative estimate of drug-likeness (QED) is 0.842. The van der Waals surface area contributed by atoms with E-state index in [4.69, 9.17) is 0 Å². The molecule has 0 aliphatic carbocycles. The smallest absolute Gasteiger partial charge is 0.212 e. The lowest BCUT2D eigenvalue weighted by Gasteiger charge is -2.27.